The summed E-state index contributed by atoms with van der Waals surface area (Å²) in [7, 11) is 1.30. The highest BCUT2D eigenvalue weighted by Crippen LogP contribution is 2.14. The van der Waals surface area contributed by atoms with Crippen LogP contribution in [0.5, 0.6) is 0 Å². The lowest BCUT2D eigenvalue weighted by Crippen LogP contribution is -2.08. The molecular weight excluding hydrogens is 252 g/mol. The highest BCUT2D eigenvalue weighted by Gasteiger charge is 2.08. The molecule has 0 heterocycles. The molecule has 0 fully saturated rings. The lowest BCUT2D eigenvalue weighted by molar-refractivity contribution is -0.143. The van der Waals surface area contributed by atoms with Gasteiger partial charge in [0.05, 0.1) is 7.11 Å². The predicted molar refractivity (Wildman–Crippen MR) is 82.5 cm³/mol. The molecule has 0 radical (unpaired) electrons. The molecule has 0 N–H and O–H groups in total. The minimum absolute atomic E-state index is 0.0507. The number of ether oxygens (including phenoxy) is 1. The maximum atomic E-state index is 11.5. The monoisotopic (exact) mass is 280 g/mol. The molecule has 0 unspecified atom stereocenters. The van der Waals surface area contributed by atoms with Crippen molar-refractivity contribution in [3.05, 3.63) is 23.3 Å². The maximum absolute atomic E-state index is 11.5. The van der Waals surface area contributed by atoms with Crippen LogP contribution in [0.2, 0.25) is 0 Å². The highest BCUT2D eigenvalue weighted by molar-refractivity contribution is 5.95. The average Bonchev–Trinajstić information content (AvgIpc) is 2.44. The number of allylic oxidation sites excluding steroid dienone is 4. The Bertz CT molecular complexity index is 364. The molecule has 0 aliphatic rings. The van der Waals surface area contributed by atoms with Crippen molar-refractivity contribution >= 4 is 11.8 Å². The van der Waals surface area contributed by atoms with Crippen LogP contribution in [-0.2, 0) is 14.3 Å². The van der Waals surface area contributed by atoms with Gasteiger partial charge in [-0.1, -0.05) is 37.1 Å². The van der Waals surface area contributed by atoms with Crippen molar-refractivity contribution in [3.8, 4) is 0 Å². The summed E-state index contributed by atoms with van der Waals surface area (Å²) in [5, 5.41) is 0. The smallest absolute Gasteiger partial charge is 0.313 e. The first-order chi connectivity index (χ1) is 9.53. The summed E-state index contributed by atoms with van der Waals surface area (Å²) in [5.74, 6) is -0.500. The average molecular weight is 280 g/mol. The number of hydrogen-bond acceptors (Lipinski definition) is 3. The molecule has 0 bridgehead atoms. The molecule has 20 heavy (non-hydrogen) atoms. The Labute approximate surface area is 123 Å². The Kier molecular flexibility index (Phi) is 10.7. The number of esters is 1. The summed E-state index contributed by atoms with van der Waals surface area (Å²) >= 11 is 0. The van der Waals surface area contributed by atoms with Gasteiger partial charge in [-0.25, -0.2) is 0 Å². The molecule has 0 rings (SSSR count). The summed E-state index contributed by atoms with van der Waals surface area (Å²) in [4.78, 5) is 22.4. The molecule has 0 saturated carbocycles. The number of ketones is 1. The fourth-order valence-corrected chi connectivity index (χ4v) is 1.83. The molecule has 3 heteroatoms. The lowest BCUT2D eigenvalue weighted by atomic mass is 10.0. The van der Waals surface area contributed by atoms with Gasteiger partial charge in [0.1, 0.15) is 12.2 Å². The molecule has 0 amide bonds. The lowest BCUT2D eigenvalue weighted by Gasteiger charge is -2.04. The summed E-state index contributed by atoms with van der Waals surface area (Å²) in [6, 6.07) is 0. The standard InChI is InChI=1S/C17H28O3/c1-5-14(3)9-7-10-15(6-2)11-8-12-16(18)13-17(19)20-4/h9,11H,5-8,10,12-13H2,1-4H3/b14-9+,15-11+. The van der Waals surface area contributed by atoms with Crippen molar-refractivity contribution in [2.24, 2.45) is 0 Å². The molecule has 0 aliphatic carbocycles. The van der Waals surface area contributed by atoms with Gasteiger partial charge in [-0.2, -0.15) is 0 Å². The van der Waals surface area contributed by atoms with E-state index in [1.807, 2.05) is 0 Å². The zero-order valence-corrected chi connectivity index (χ0v) is 13.3. The van der Waals surface area contributed by atoms with E-state index < -0.39 is 5.97 Å². The third kappa shape index (κ3) is 9.54. The third-order valence-electron chi connectivity index (χ3n) is 3.40. The largest absolute Gasteiger partial charge is 0.469 e. The van der Waals surface area contributed by atoms with Crippen LogP contribution in [0.15, 0.2) is 23.3 Å². The van der Waals surface area contributed by atoms with E-state index in [0.29, 0.717) is 6.42 Å². The van der Waals surface area contributed by atoms with Gasteiger partial charge in [0, 0.05) is 6.42 Å². The van der Waals surface area contributed by atoms with E-state index in [2.05, 4.69) is 37.7 Å². The molecule has 0 saturated heterocycles. The quantitative estimate of drug-likeness (QED) is 0.339. The zero-order valence-electron chi connectivity index (χ0n) is 13.3. The Morgan fingerprint density at radius 2 is 1.65 bits per heavy atom. The van der Waals surface area contributed by atoms with Crippen LogP contribution in [0.4, 0.5) is 0 Å². The minimum Gasteiger partial charge on any atom is -0.469 e. The van der Waals surface area contributed by atoms with E-state index in [9.17, 15) is 9.59 Å². The Hall–Kier alpha value is -1.38. The normalized spacial score (nSPS) is 12.4. The van der Waals surface area contributed by atoms with Crippen molar-refractivity contribution < 1.29 is 14.3 Å². The molecule has 0 aliphatic heterocycles. The van der Waals surface area contributed by atoms with Gasteiger partial charge in [0.2, 0.25) is 0 Å². The Morgan fingerprint density at radius 3 is 2.20 bits per heavy atom. The third-order valence-corrected chi connectivity index (χ3v) is 3.40. The molecule has 0 aromatic heterocycles. The van der Waals surface area contributed by atoms with Crippen LogP contribution in [0, 0.1) is 0 Å². The summed E-state index contributed by atoms with van der Waals surface area (Å²) < 4.78 is 4.47. The number of Topliss-reactive ketones (excluding diaryl/α,β-unsaturated/α-hetero) is 1. The van der Waals surface area contributed by atoms with Gasteiger partial charge < -0.3 is 4.74 Å². The van der Waals surface area contributed by atoms with E-state index in [4.69, 9.17) is 0 Å². The Morgan fingerprint density at radius 1 is 1.00 bits per heavy atom. The van der Waals surface area contributed by atoms with Crippen LogP contribution in [0.3, 0.4) is 0 Å². The molecule has 0 atom stereocenters. The zero-order chi connectivity index (χ0) is 15.4. The van der Waals surface area contributed by atoms with E-state index in [1.165, 1.54) is 18.3 Å². The van der Waals surface area contributed by atoms with Crippen molar-refractivity contribution in [1.29, 1.82) is 0 Å². The molecule has 0 aromatic carbocycles. The van der Waals surface area contributed by atoms with E-state index in [-0.39, 0.29) is 12.2 Å². The van der Waals surface area contributed by atoms with Crippen LogP contribution >= 0.6 is 0 Å². The van der Waals surface area contributed by atoms with Gasteiger partial charge in [-0.3, -0.25) is 9.59 Å². The molecule has 3 nitrogen and oxygen atoms in total. The number of carbonyl (C=O) groups excluding carboxylic acids is 2. The topological polar surface area (TPSA) is 43.4 Å². The maximum Gasteiger partial charge on any atom is 0.313 e. The highest BCUT2D eigenvalue weighted by atomic mass is 16.5. The second-order valence-electron chi connectivity index (χ2n) is 4.99. The summed E-state index contributed by atoms with van der Waals surface area (Å²) in [6.07, 6.45) is 9.70. The SMILES string of the molecule is CC/C(C)=C/CC/C(=C/CCC(=O)CC(=O)OC)CC. The van der Waals surface area contributed by atoms with Crippen LogP contribution in [0.25, 0.3) is 0 Å². The van der Waals surface area contributed by atoms with Gasteiger partial charge in [0.25, 0.3) is 0 Å². The number of hydrogen-bond donors (Lipinski definition) is 0. The van der Waals surface area contributed by atoms with Crippen molar-refractivity contribution in [2.75, 3.05) is 7.11 Å². The van der Waals surface area contributed by atoms with E-state index >= 15 is 0 Å². The minimum atomic E-state index is -0.449. The van der Waals surface area contributed by atoms with Crippen LogP contribution in [0.1, 0.15) is 65.7 Å². The number of methoxy groups -OCH3 is 1. The first-order valence-electron chi connectivity index (χ1n) is 7.45. The second kappa shape index (κ2) is 11.4. The summed E-state index contributed by atoms with van der Waals surface area (Å²) in [5.41, 5.74) is 2.81. The van der Waals surface area contributed by atoms with Crippen LogP contribution in [-0.4, -0.2) is 18.9 Å². The van der Waals surface area contributed by atoms with Gasteiger partial charge in [0.15, 0.2) is 0 Å². The first-order valence-corrected chi connectivity index (χ1v) is 7.45. The van der Waals surface area contributed by atoms with E-state index in [0.717, 1.165) is 32.1 Å². The van der Waals surface area contributed by atoms with Crippen molar-refractivity contribution in [2.45, 2.75) is 65.7 Å². The van der Waals surface area contributed by atoms with Gasteiger partial charge >= 0.3 is 5.97 Å². The summed E-state index contributed by atoms with van der Waals surface area (Å²) in [6.45, 7) is 6.45. The molecular formula is C17H28O3. The molecule has 0 spiro atoms. The van der Waals surface area contributed by atoms with E-state index in [1.54, 1.807) is 0 Å². The van der Waals surface area contributed by atoms with Gasteiger partial charge in [-0.15, -0.1) is 0 Å². The fraction of sp³-hybridized carbons (Fsp3) is 0.647. The number of rotatable bonds is 10. The second-order valence-corrected chi connectivity index (χ2v) is 4.99. The molecule has 0 aromatic rings. The molecule has 114 valence electrons. The predicted octanol–water partition coefficient (Wildman–Crippen LogP) is 4.37. The Balaban J connectivity index is 4.07. The van der Waals surface area contributed by atoms with Crippen molar-refractivity contribution in [3.63, 3.8) is 0 Å². The number of carbonyl (C=O) groups is 2. The first kappa shape index (κ1) is 18.6. The van der Waals surface area contributed by atoms with Crippen molar-refractivity contribution in [1.82, 2.24) is 0 Å². The van der Waals surface area contributed by atoms with Crippen LogP contribution < -0.4 is 0 Å². The van der Waals surface area contributed by atoms with Gasteiger partial charge in [-0.05, 0) is 39.0 Å². The fourth-order valence-electron chi connectivity index (χ4n) is 1.83.